The van der Waals surface area contributed by atoms with Crippen LogP contribution >= 0.6 is 35.5 Å². The summed E-state index contributed by atoms with van der Waals surface area (Å²) < 4.78 is 3.80. The molecule has 1 fully saturated rings. The Labute approximate surface area is 223 Å². The highest BCUT2D eigenvalue weighted by Crippen LogP contribution is 2.21. The van der Waals surface area contributed by atoms with Crippen molar-refractivity contribution in [2.45, 2.75) is 6.92 Å². The average molecular weight is 548 g/mol. The Morgan fingerprint density at radius 2 is 2.06 bits per heavy atom. The number of rotatable bonds is 7. The summed E-state index contributed by atoms with van der Waals surface area (Å²) in [6.07, 6.45) is 6.26. The zero-order valence-corrected chi connectivity index (χ0v) is 22.3. The lowest BCUT2D eigenvalue weighted by Crippen LogP contribution is -2.44. The van der Waals surface area contributed by atoms with Crippen molar-refractivity contribution in [3.63, 3.8) is 0 Å². The van der Waals surface area contributed by atoms with Crippen LogP contribution < -0.4 is 21.5 Å². The number of amides is 1. The Balaban J connectivity index is 1.55. The van der Waals surface area contributed by atoms with Crippen LogP contribution in [0, 0.1) is 23.7 Å². The van der Waals surface area contributed by atoms with Crippen molar-refractivity contribution in [1.29, 1.82) is 10.7 Å². The lowest BCUT2D eigenvalue weighted by atomic mass is 10.2. The number of anilines is 1. The van der Waals surface area contributed by atoms with Gasteiger partial charge in [-0.05, 0) is 43.2 Å². The summed E-state index contributed by atoms with van der Waals surface area (Å²) in [5.74, 6) is 0.455. The molecule has 190 valence electrons. The highest BCUT2D eigenvalue weighted by molar-refractivity contribution is 8.12. The largest absolute Gasteiger partial charge is 0.384 e. The smallest absolute Gasteiger partial charge is 0.282 e. The number of aliphatic imine (C=N–C) groups is 1. The second-order valence-electron chi connectivity index (χ2n) is 7.54. The number of nitriles is 1. The lowest BCUT2D eigenvalue weighted by Gasteiger charge is -2.33. The molecule has 5 N–H and O–H groups in total. The van der Waals surface area contributed by atoms with E-state index in [2.05, 4.69) is 31.9 Å². The van der Waals surface area contributed by atoms with Gasteiger partial charge in [-0.3, -0.25) is 21.1 Å². The van der Waals surface area contributed by atoms with Gasteiger partial charge < -0.3 is 14.9 Å². The van der Waals surface area contributed by atoms with Crippen molar-refractivity contribution in [1.82, 2.24) is 29.4 Å². The Hall–Kier alpha value is -3.25. The van der Waals surface area contributed by atoms with Gasteiger partial charge in [-0.15, -0.1) is 0 Å². The van der Waals surface area contributed by atoms with E-state index in [4.69, 9.17) is 28.0 Å². The van der Waals surface area contributed by atoms with Crippen molar-refractivity contribution in [2.24, 2.45) is 10.7 Å². The van der Waals surface area contributed by atoms with Gasteiger partial charge in [0.15, 0.2) is 0 Å². The standard InChI is InChI=1S/C21H26ClN11OS2/c1-13-10-14(12-23)27-21(26-13)32-6-8-33(9-7-32)36-18(25)5-4-17(24)28-20(34)15-11-16(22)29-30-19(15)31(2)35-3/h4-5,10-11,25,29-30H,6-9H2,1-3H3,(H2,24,28,34)/b5-4-,25-18?. The van der Waals surface area contributed by atoms with E-state index in [1.807, 2.05) is 22.4 Å². The van der Waals surface area contributed by atoms with Gasteiger partial charge in [0, 0.05) is 45.2 Å². The molecule has 0 aromatic carbocycles. The number of hydrazine groups is 1. The fourth-order valence-electron chi connectivity index (χ4n) is 3.20. The van der Waals surface area contributed by atoms with Crippen molar-refractivity contribution in [3.05, 3.63) is 52.2 Å². The first-order chi connectivity index (χ1) is 17.2. The van der Waals surface area contributed by atoms with Crippen molar-refractivity contribution in [3.8, 4) is 6.07 Å². The molecule has 36 heavy (non-hydrogen) atoms. The molecule has 12 nitrogen and oxygen atoms in total. The maximum Gasteiger partial charge on any atom is 0.282 e. The number of nitrogens with one attached hydrogen (secondary N) is 3. The Kier molecular flexibility index (Phi) is 9.59. The lowest BCUT2D eigenvalue weighted by molar-refractivity contribution is -0.114. The Morgan fingerprint density at radius 3 is 2.72 bits per heavy atom. The number of hydrogen-bond acceptors (Lipinski definition) is 12. The van der Waals surface area contributed by atoms with Gasteiger partial charge in [-0.1, -0.05) is 23.5 Å². The van der Waals surface area contributed by atoms with Crippen molar-refractivity contribution >= 4 is 58.2 Å². The fraction of sp³-hybridized carbons (Fsp3) is 0.333. The highest BCUT2D eigenvalue weighted by atomic mass is 35.5. The van der Waals surface area contributed by atoms with Crippen LogP contribution in [0.3, 0.4) is 0 Å². The fourth-order valence-corrected chi connectivity index (χ4v) is 4.43. The second kappa shape index (κ2) is 12.6. The number of piperazine rings is 1. The van der Waals surface area contributed by atoms with Crippen molar-refractivity contribution < 1.29 is 4.79 Å². The molecule has 2 aliphatic heterocycles. The van der Waals surface area contributed by atoms with E-state index >= 15 is 0 Å². The molecular formula is C21H26ClN11OS2. The van der Waals surface area contributed by atoms with E-state index in [0.29, 0.717) is 43.6 Å². The number of nitrogens with two attached hydrogens (primary N) is 1. The average Bonchev–Trinajstić information content (AvgIpc) is 2.87. The predicted octanol–water partition coefficient (Wildman–Crippen LogP) is 1.45. The maximum atomic E-state index is 12.7. The number of aromatic nitrogens is 2. The SMILES string of the molecule is CSN(C)C1=C(C(=O)N=C(N)/C=C\C(=N)SN2CCN(c3nc(C)cc(C#N)n3)CC2)C=C(Cl)NN1. The molecule has 1 aromatic heterocycles. The topological polar surface area (TPSA) is 163 Å². The van der Waals surface area contributed by atoms with Crippen LogP contribution in [0.1, 0.15) is 11.4 Å². The molecular weight excluding hydrogens is 522 g/mol. The van der Waals surface area contributed by atoms with Crippen LogP contribution in [-0.4, -0.2) is 74.8 Å². The molecule has 3 rings (SSSR count). The van der Waals surface area contributed by atoms with Gasteiger partial charge in [-0.25, -0.2) is 14.3 Å². The van der Waals surface area contributed by atoms with Crippen LogP contribution in [0.15, 0.2) is 45.8 Å². The third-order valence-electron chi connectivity index (χ3n) is 4.99. The third-order valence-corrected chi connectivity index (χ3v) is 6.88. The summed E-state index contributed by atoms with van der Waals surface area (Å²) in [5, 5.41) is 17.9. The number of halogens is 1. The molecule has 1 saturated heterocycles. The quantitative estimate of drug-likeness (QED) is 0.168. The van der Waals surface area contributed by atoms with Gasteiger partial charge in [0.2, 0.25) is 5.95 Å². The first-order valence-electron chi connectivity index (χ1n) is 10.7. The molecule has 0 bridgehead atoms. The number of nitrogens with zero attached hydrogens (tertiary/aromatic N) is 7. The minimum atomic E-state index is -0.562. The molecule has 0 atom stereocenters. The molecule has 0 unspecified atom stereocenters. The molecule has 3 heterocycles. The van der Waals surface area contributed by atoms with E-state index in [1.165, 1.54) is 42.1 Å². The molecule has 1 aromatic rings. The van der Waals surface area contributed by atoms with Crippen LogP contribution in [0.2, 0.25) is 0 Å². The van der Waals surface area contributed by atoms with Crippen LogP contribution in [0.4, 0.5) is 5.95 Å². The number of carbonyl (C=O) groups is 1. The minimum absolute atomic E-state index is 0.0261. The van der Waals surface area contributed by atoms with E-state index in [9.17, 15) is 4.79 Å². The second-order valence-corrected chi connectivity index (χ2v) is 10.00. The molecule has 15 heteroatoms. The zero-order chi connectivity index (χ0) is 26.2. The zero-order valence-electron chi connectivity index (χ0n) is 19.9. The molecule has 0 saturated carbocycles. The highest BCUT2D eigenvalue weighted by Gasteiger charge is 2.22. The number of carbonyl (C=O) groups excluding carboxylic acids is 1. The van der Waals surface area contributed by atoms with Crippen LogP contribution in [-0.2, 0) is 4.79 Å². The van der Waals surface area contributed by atoms with Gasteiger partial charge in [0.1, 0.15) is 33.6 Å². The van der Waals surface area contributed by atoms with Gasteiger partial charge in [0.25, 0.3) is 5.91 Å². The summed E-state index contributed by atoms with van der Waals surface area (Å²) in [4.78, 5) is 27.4. The monoisotopic (exact) mass is 547 g/mol. The number of hydrogen-bond donors (Lipinski definition) is 4. The van der Waals surface area contributed by atoms with Crippen LogP contribution in [0.25, 0.3) is 0 Å². The summed E-state index contributed by atoms with van der Waals surface area (Å²) in [5.41, 5.74) is 12.9. The molecule has 1 amide bonds. The number of amidine groups is 1. The van der Waals surface area contributed by atoms with E-state index < -0.39 is 5.91 Å². The molecule has 0 aliphatic carbocycles. The van der Waals surface area contributed by atoms with Gasteiger partial charge in [0.05, 0.1) is 5.57 Å². The Bertz CT molecular complexity index is 1180. The summed E-state index contributed by atoms with van der Waals surface area (Å²) in [6.45, 7) is 4.52. The van der Waals surface area contributed by atoms with Gasteiger partial charge >= 0.3 is 0 Å². The van der Waals surface area contributed by atoms with E-state index in [-0.39, 0.29) is 21.6 Å². The normalized spacial score (nSPS) is 16.8. The third kappa shape index (κ3) is 7.37. The predicted molar refractivity (Wildman–Crippen MR) is 145 cm³/mol. The number of aryl methyl sites for hydroxylation is 1. The van der Waals surface area contributed by atoms with E-state index in [0.717, 1.165) is 5.69 Å². The van der Waals surface area contributed by atoms with Crippen LogP contribution in [0.5, 0.6) is 0 Å². The Morgan fingerprint density at radius 1 is 1.33 bits per heavy atom. The van der Waals surface area contributed by atoms with E-state index in [1.54, 1.807) is 17.4 Å². The summed E-state index contributed by atoms with van der Waals surface area (Å²) >= 11 is 8.66. The minimum Gasteiger partial charge on any atom is -0.384 e. The molecule has 0 spiro atoms. The maximum absolute atomic E-state index is 12.7. The molecule has 2 aliphatic rings. The molecule has 0 radical (unpaired) electrons. The summed E-state index contributed by atoms with van der Waals surface area (Å²) in [7, 11) is 1.79. The van der Waals surface area contributed by atoms with Crippen molar-refractivity contribution in [2.75, 3.05) is 44.4 Å². The first-order valence-corrected chi connectivity index (χ1v) is 13.0. The first kappa shape index (κ1) is 27.3. The van der Waals surface area contributed by atoms with Gasteiger partial charge in [-0.2, -0.15) is 10.3 Å². The summed E-state index contributed by atoms with van der Waals surface area (Å²) in [6, 6.07) is 3.71.